The zero-order valence-corrected chi connectivity index (χ0v) is 13.4. The summed E-state index contributed by atoms with van der Waals surface area (Å²) in [6.07, 6.45) is 3.38. The normalized spacial score (nSPS) is 17.0. The maximum Gasteiger partial charge on any atom is 0.275 e. The van der Waals surface area contributed by atoms with Gasteiger partial charge in [0.2, 0.25) is 5.89 Å². The molecule has 3 rings (SSSR count). The van der Waals surface area contributed by atoms with Gasteiger partial charge in [-0.1, -0.05) is 6.07 Å². The number of likely N-dealkylation sites (N-methyl/N-ethyl adjacent to an activating group) is 1. The Morgan fingerprint density at radius 3 is 3.12 bits per heavy atom. The molecule has 0 radical (unpaired) electrons. The molecule has 1 aromatic heterocycles. The molecule has 0 saturated carbocycles. The van der Waals surface area contributed by atoms with Crippen LogP contribution in [0.5, 0.6) is 5.75 Å². The van der Waals surface area contributed by atoms with Crippen molar-refractivity contribution in [1.82, 2.24) is 9.88 Å². The molecule has 2 aromatic rings. The maximum atomic E-state index is 13.1. The van der Waals surface area contributed by atoms with Crippen molar-refractivity contribution < 1.29 is 23.1 Å². The van der Waals surface area contributed by atoms with E-state index >= 15 is 0 Å². The predicted octanol–water partition coefficient (Wildman–Crippen LogP) is 2.64. The smallest absolute Gasteiger partial charge is 0.275 e. The first-order valence-corrected chi connectivity index (χ1v) is 7.81. The highest BCUT2D eigenvalue weighted by Gasteiger charge is 2.22. The van der Waals surface area contributed by atoms with Crippen LogP contribution in [0.1, 0.15) is 29.2 Å². The van der Waals surface area contributed by atoms with Gasteiger partial charge in [-0.2, -0.15) is 0 Å². The van der Waals surface area contributed by atoms with Gasteiger partial charge in [0.05, 0.1) is 6.10 Å². The second kappa shape index (κ2) is 7.44. The number of hydrogen-bond donors (Lipinski definition) is 0. The molecule has 1 amide bonds. The molecule has 0 spiro atoms. The lowest BCUT2D eigenvalue weighted by atomic mass is 10.2. The summed E-state index contributed by atoms with van der Waals surface area (Å²) in [7, 11) is 1.71. The van der Waals surface area contributed by atoms with Crippen molar-refractivity contribution in [1.29, 1.82) is 0 Å². The Morgan fingerprint density at radius 2 is 2.38 bits per heavy atom. The molecule has 7 heteroatoms. The minimum Gasteiger partial charge on any atom is -0.484 e. The number of halogens is 1. The van der Waals surface area contributed by atoms with Crippen LogP contribution in [0.2, 0.25) is 0 Å². The van der Waals surface area contributed by atoms with Gasteiger partial charge >= 0.3 is 0 Å². The van der Waals surface area contributed by atoms with Crippen molar-refractivity contribution in [2.75, 3.05) is 20.2 Å². The minimum atomic E-state index is -0.383. The van der Waals surface area contributed by atoms with Gasteiger partial charge in [-0.25, -0.2) is 9.37 Å². The fourth-order valence-corrected chi connectivity index (χ4v) is 2.55. The number of benzene rings is 1. The van der Waals surface area contributed by atoms with Gasteiger partial charge in [-0.05, 0) is 25.0 Å². The van der Waals surface area contributed by atoms with Crippen molar-refractivity contribution in [2.24, 2.45) is 0 Å². The average Bonchev–Trinajstić information content (AvgIpc) is 3.24. The van der Waals surface area contributed by atoms with Crippen LogP contribution in [0, 0.1) is 5.82 Å². The van der Waals surface area contributed by atoms with E-state index < -0.39 is 0 Å². The van der Waals surface area contributed by atoms with E-state index in [1.165, 1.54) is 18.4 Å². The third-order valence-corrected chi connectivity index (χ3v) is 3.78. The van der Waals surface area contributed by atoms with E-state index in [4.69, 9.17) is 13.9 Å². The molecule has 6 nitrogen and oxygen atoms in total. The Morgan fingerprint density at radius 1 is 1.50 bits per heavy atom. The monoisotopic (exact) mass is 334 g/mol. The quantitative estimate of drug-likeness (QED) is 0.812. The van der Waals surface area contributed by atoms with E-state index in [9.17, 15) is 9.18 Å². The lowest BCUT2D eigenvalue weighted by Gasteiger charge is -2.19. The van der Waals surface area contributed by atoms with E-state index in [0.29, 0.717) is 12.3 Å². The van der Waals surface area contributed by atoms with E-state index in [2.05, 4.69) is 4.98 Å². The topological polar surface area (TPSA) is 64.8 Å². The Kier molecular flexibility index (Phi) is 5.10. The summed E-state index contributed by atoms with van der Waals surface area (Å²) >= 11 is 0. The van der Waals surface area contributed by atoms with Gasteiger partial charge < -0.3 is 18.8 Å². The molecule has 24 heavy (non-hydrogen) atoms. The summed E-state index contributed by atoms with van der Waals surface area (Å²) in [5.74, 6) is 0.0162. The van der Waals surface area contributed by atoms with Gasteiger partial charge in [-0.15, -0.1) is 0 Å². The molecule has 1 aromatic carbocycles. The van der Waals surface area contributed by atoms with Crippen LogP contribution in [-0.4, -0.2) is 42.1 Å². The molecule has 1 saturated heterocycles. The van der Waals surface area contributed by atoms with Crippen molar-refractivity contribution in [3.8, 4) is 5.75 Å². The molecule has 0 N–H and O–H groups in total. The highest BCUT2D eigenvalue weighted by Crippen LogP contribution is 2.16. The number of aromatic nitrogens is 1. The third-order valence-electron chi connectivity index (χ3n) is 3.78. The number of oxazole rings is 1. The second-order valence-electron chi connectivity index (χ2n) is 5.69. The van der Waals surface area contributed by atoms with E-state index in [1.807, 2.05) is 0 Å². The molecule has 1 atom stereocenters. The zero-order valence-electron chi connectivity index (χ0n) is 13.4. The Labute approximate surface area is 139 Å². The summed E-state index contributed by atoms with van der Waals surface area (Å²) < 4.78 is 29.2. The molecule has 1 aliphatic rings. The first-order chi connectivity index (χ1) is 11.6. The fourth-order valence-electron chi connectivity index (χ4n) is 2.55. The molecule has 0 unspecified atom stereocenters. The van der Waals surface area contributed by atoms with Gasteiger partial charge in [0.15, 0.2) is 12.3 Å². The van der Waals surface area contributed by atoms with E-state index in [-0.39, 0.29) is 36.0 Å². The van der Waals surface area contributed by atoms with Crippen molar-refractivity contribution in [3.63, 3.8) is 0 Å². The Bertz CT molecular complexity index is 697. The molecular formula is C17H19FN2O4. The van der Waals surface area contributed by atoms with Crippen LogP contribution >= 0.6 is 0 Å². The number of amides is 1. The SMILES string of the molecule is CN(C[C@H]1CCCO1)C(=O)c1coc(COc2cccc(F)c2)n1. The molecule has 1 aliphatic heterocycles. The van der Waals surface area contributed by atoms with Crippen molar-refractivity contribution in [3.05, 3.63) is 47.9 Å². The lowest BCUT2D eigenvalue weighted by molar-refractivity contribution is 0.0582. The first-order valence-electron chi connectivity index (χ1n) is 7.81. The fraction of sp³-hybridized carbons (Fsp3) is 0.412. The number of rotatable bonds is 6. The number of nitrogens with zero attached hydrogens (tertiary/aromatic N) is 2. The molecular weight excluding hydrogens is 315 g/mol. The summed E-state index contributed by atoms with van der Waals surface area (Å²) in [4.78, 5) is 18.0. The summed E-state index contributed by atoms with van der Waals surface area (Å²) in [5, 5.41) is 0. The van der Waals surface area contributed by atoms with Gasteiger partial charge in [0.1, 0.15) is 17.8 Å². The summed E-state index contributed by atoms with van der Waals surface area (Å²) in [6.45, 7) is 1.30. The number of ether oxygens (including phenoxy) is 2. The minimum absolute atomic E-state index is 0.0200. The summed E-state index contributed by atoms with van der Waals surface area (Å²) in [6, 6.07) is 5.78. The molecule has 2 heterocycles. The summed E-state index contributed by atoms with van der Waals surface area (Å²) in [5.41, 5.74) is 0.216. The van der Waals surface area contributed by atoms with E-state index in [1.54, 1.807) is 24.1 Å². The average molecular weight is 334 g/mol. The standard InChI is InChI=1S/C17H19FN2O4/c1-20(9-14-6-3-7-22-14)17(21)15-10-24-16(19-15)11-23-13-5-2-4-12(18)8-13/h2,4-5,8,10,14H,3,6-7,9,11H2,1H3/t14-/m1/s1. The molecule has 0 aliphatic carbocycles. The Hall–Kier alpha value is -2.41. The first kappa shape index (κ1) is 16.4. The number of carbonyl (C=O) groups is 1. The van der Waals surface area contributed by atoms with Crippen molar-refractivity contribution >= 4 is 5.91 Å². The zero-order chi connectivity index (χ0) is 16.9. The number of hydrogen-bond acceptors (Lipinski definition) is 5. The van der Waals surface area contributed by atoms with Gasteiger partial charge in [0.25, 0.3) is 5.91 Å². The van der Waals surface area contributed by atoms with Gasteiger partial charge in [0, 0.05) is 26.3 Å². The highest BCUT2D eigenvalue weighted by molar-refractivity contribution is 5.91. The van der Waals surface area contributed by atoms with Crippen LogP contribution in [0.25, 0.3) is 0 Å². The molecule has 0 bridgehead atoms. The van der Waals surface area contributed by atoms with E-state index in [0.717, 1.165) is 19.4 Å². The van der Waals surface area contributed by atoms with Crippen molar-refractivity contribution in [2.45, 2.75) is 25.6 Å². The third kappa shape index (κ3) is 4.11. The molecule has 1 fully saturated rings. The Balaban J connectivity index is 1.55. The number of carbonyl (C=O) groups excluding carboxylic acids is 1. The highest BCUT2D eigenvalue weighted by atomic mass is 19.1. The maximum absolute atomic E-state index is 13.1. The van der Waals surface area contributed by atoms with Gasteiger partial charge in [-0.3, -0.25) is 4.79 Å². The lowest BCUT2D eigenvalue weighted by Crippen LogP contribution is -2.34. The van der Waals surface area contributed by atoms with Crippen LogP contribution < -0.4 is 4.74 Å². The second-order valence-corrected chi connectivity index (χ2v) is 5.69. The largest absolute Gasteiger partial charge is 0.484 e. The molecule has 128 valence electrons. The predicted molar refractivity (Wildman–Crippen MR) is 83.2 cm³/mol. The van der Waals surface area contributed by atoms with Crippen LogP contribution in [0.3, 0.4) is 0 Å². The van der Waals surface area contributed by atoms with Crippen LogP contribution in [0.15, 0.2) is 34.9 Å². The van der Waals surface area contributed by atoms with Crippen LogP contribution in [-0.2, 0) is 11.3 Å². The van der Waals surface area contributed by atoms with Crippen LogP contribution in [0.4, 0.5) is 4.39 Å².